The van der Waals surface area contributed by atoms with E-state index < -0.39 is 22.7 Å². The fourth-order valence-electron chi connectivity index (χ4n) is 6.90. The topological polar surface area (TPSA) is 94.5 Å². The number of aliphatic hydroxyl groups excluding tert-OH is 2. The molecule has 9 heteroatoms. The maximum atomic E-state index is 13.2. The summed E-state index contributed by atoms with van der Waals surface area (Å²) in [5, 5.41) is 21.1. The molecule has 164 valence electrons. The van der Waals surface area contributed by atoms with Gasteiger partial charge in [-0.25, -0.2) is 0 Å². The van der Waals surface area contributed by atoms with E-state index >= 15 is 0 Å². The van der Waals surface area contributed by atoms with E-state index in [1.807, 2.05) is 23.5 Å². The summed E-state index contributed by atoms with van der Waals surface area (Å²) in [5.41, 5.74) is -1.52. The first-order chi connectivity index (χ1) is 14.0. The Morgan fingerprint density at radius 2 is 2.03 bits per heavy atom. The summed E-state index contributed by atoms with van der Waals surface area (Å²) in [5.74, 6) is 0.594. The molecule has 29 heavy (non-hydrogen) atoms. The number of fused-ring (bicyclic) bond motifs is 1. The lowest BCUT2D eigenvalue weighted by Gasteiger charge is -2.63. The van der Waals surface area contributed by atoms with Gasteiger partial charge in [0.05, 0.1) is 60.7 Å². The maximum absolute atomic E-state index is 13.2. The number of aliphatic hydroxyl groups is 2. The van der Waals surface area contributed by atoms with Crippen LogP contribution in [0.25, 0.3) is 0 Å². The standard InChI is InChI=1S/C20H30O7S2/c1-24-16(23)17-3-4-20(27-8-6-21)18(5-7-26-20)13(22)11-19(28-9-2-10-29-19)15(14(17)18)25-12-17/h13-15,21-22H,2-12H2,1H3/t13-,14+,15-,17+,18+,20-/m1/s1. The second-order valence-electron chi connectivity index (χ2n) is 8.90. The molecule has 0 aromatic carbocycles. The van der Waals surface area contributed by atoms with Crippen molar-refractivity contribution in [3.63, 3.8) is 0 Å². The van der Waals surface area contributed by atoms with E-state index in [0.29, 0.717) is 38.9 Å². The van der Waals surface area contributed by atoms with E-state index in [9.17, 15) is 15.0 Å². The van der Waals surface area contributed by atoms with E-state index in [-0.39, 0.29) is 35.3 Å². The molecule has 2 saturated carbocycles. The Labute approximate surface area is 179 Å². The van der Waals surface area contributed by atoms with Gasteiger partial charge in [0.15, 0.2) is 5.79 Å². The number of rotatable bonds is 4. The number of hydrogen-bond donors (Lipinski definition) is 2. The first kappa shape index (κ1) is 20.8. The fourth-order valence-corrected chi connectivity index (χ4v) is 10.5. The van der Waals surface area contributed by atoms with Crippen molar-refractivity contribution in [3.05, 3.63) is 0 Å². The molecule has 2 aliphatic carbocycles. The van der Waals surface area contributed by atoms with Crippen molar-refractivity contribution in [2.45, 2.75) is 54.2 Å². The van der Waals surface area contributed by atoms with Crippen molar-refractivity contribution in [2.75, 3.05) is 45.0 Å². The molecule has 6 atom stereocenters. The second-order valence-corrected chi connectivity index (χ2v) is 12.0. The van der Waals surface area contributed by atoms with Crippen LogP contribution in [0.3, 0.4) is 0 Å². The monoisotopic (exact) mass is 446 g/mol. The Hall–Kier alpha value is -0.0300. The molecule has 5 aliphatic rings. The summed E-state index contributed by atoms with van der Waals surface area (Å²) < 4.78 is 23.9. The zero-order chi connectivity index (χ0) is 20.3. The molecule has 5 fully saturated rings. The molecule has 7 nitrogen and oxygen atoms in total. The highest BCUT2D eigenvalue weighted by Gasteiger charge is 2.81. The number of esters is 1. The molecule has 2 spiro atoms. The predicted molar refractivity (Wildman–Crippen MR) is 109 cm³/mol. The highest BCUT2D eigenvalue weighted by molar-refractivity contribution is 8.18. The molecule has 0 unspecified atom stereocenters. The van der Waals surface area contributed by atoms with Gasteiger partial charge in [0.2, 0.25) is 0 Å². The third kappa shape index (κ3) is 2.55. The van der Waals surface area contributed by atoms with Crippen LogP contribution in [-0.2, 0) is 23.7 Å². The zero-order valence-electron chi connectivity index (χ0n) is 16.8. The van der Waals surface area contributed by atoms with Crippen molar-refractivity contribution < 1.29 is 34.0 Å². The normalized spacial score (nSPS) is 47.6. The van der Waals surface area contributed by atoms with Crippen LogP contribution in [0.2, 0.25) is 0 Å². The minimum Gasteiger partial charge on any atom is -0.469 e. The lowest BCUT2D eigenvalue weighted by atomic mass is 9.46. The summed E-state index contributed by atoms with van der Waals surface area (Å²) in [6, 6.07) is 0. The molecule has 3 aliphatic heterocycles. The van der Waals surface area contributed by atoms with E-state index in [1.165, 1.54) is 7.11 Å². The fraction of sp³-hybridized carbons (Fsp3) is 0.950. The molecular formula is C20H30O7S2. The first-order valence-corrected chi connectivity index (χ1v) is 12.5. The largest absolute Gasteiger partial charge is 0.469 e. The van der Waals surface area contributed by atoms with Crippen LogP contribution >= 0.6 is 23.5 Å². The molecule has 3 heterocycles. The summed E-state index contributed by atoms with van der Waals surface area (Å²) in [6.07, 6.45) is 2.53. The third-order valence-corrected chi connectivity index (χ3v) is 11.4. The molecular weight excluding hydrogens is 416 g/mol. The molecule has 2 N–H and O–H groups in total. The number of thioether (sulfide) groups is 2. The van der Waals surface area contributed by atoms with Crippen LogP contribution in [0.5, 0.6) is 0 Å². The molecule has 0 aromatic heterocycles. The average Bonchev–Trinajstić information content (AvgIpc) is 3.32. The van der Waals surface area contributed by atoms with Crippen molar-refractivity contribution >= 4 is 29.5 Å². The summed E-state index contributed by atoms with van der Waals surface area (Å²) in [4.78, 5) is 13.2. The van der Waals surface area contributed by atoms with Crippen LogP contribution in [0.15, 0.2) is 0 Å². The zero-order valence-corrected chi connectivity index (χ0v) is 18.4. The quantitative estimate of drug-likeness (QED) is 0.621. The van der Waals surface area contributed by atoms with Crippen molar-refractivity contribution in [1.29, 1.82) is 0 Å². The second kappa shape index (κ2) is 7.25. The molecule has 0 radical (unpaired) electrons. The lowest BCUT2D eigenvalue weighted by Crippen LogP contribution is -2.72. The molecule has 5 rings (SSSR count). The summed E-state index contributed by atoms with van der Waals surface area (Å²) in [7, 11) is 1.44. The smallest absolute Gasteiger partial charge is 0.314 e. The van der Waals surface area contributed by atoms with Gasteiger partial charge < -0.3 is 29.2 Å². The number of methoxy groups -OCH3 is 1. The van der Waals surface area contributed by atoms with E-state index in [2.05, 4.69) is 0 Å². The third-order valence-electron chi connectivity index (χ3n) is 7.94. The maximum Gasteiger partial charge on any atom is 0.314 e. The van der Waals surface area contributed by atoms with Gasteiger partial charge in [0.25, 0.3) is 0 Å². The number of hydrogen-bond acceptors (Lipinski definition) is 9. The predicted octanol–water partition coefficient (Wildman–Crippen LogP) is 1.40. The minimum atomic E-state index is -0.991. The van der Waals surface area contributed by atoms with Crippen molar-refractivity contribution in [1.82, 2.24) is 0 Å². The Morgan fingerprint density at radius 3 is 2.76 bits per heavy atom. The van der Waals surface area contributed by atoms with E-state index in [1.54, 1.807) is 0 Å². The van der Waals surface area contributed by atoms with Crippen LogP contribution < -0.4 is 0 Å². The van der Waals surface area contributed by atoms with Crippen molar-refractivity contribution in [3.8, 4) is 0 Å². The highest BCUT2D eigenvalue weighted by Crippen LogP contribution is 2.74. The highest BCUT2D eigenvalue weighted by atomic mass is 32.2. The van der Waals surface area contributed by atoms with Crippen LogP contribution in [-0.4, -0.2) is 83.3 Å². The molecule has 3 saturated heterocycles. The SMILES string of the molecule is COC(=O)[C@@]12CC[C@]3(OCCO)OCC[C@@]34[C@H](O)CC3(SCCCS3)[C@H](OC1)[C@@H]24. The van der Waals surface area contributed by atoms with Crippen LogP contribution in [0.4, 0.5) is 0 Å². The van der Waals surface area contributed by atoms with E-state index in [0.717, 1.165) is 17.9 Å². The van der Waals surface area contributed by atoms with Gasteiger partial charge in [0, 0.05) is 18.8 Å². The van der Waals surface area contributed by atoms with Gasteiger partial charge in [-0.2, -0.15) is 0 Å². The van der Waals surface area contributed by atoms with Gasteiger partial charge in [-0.1, -0.05) is 0 Å². The van der Waals surface area contributed by atoms with Gasteiger partial charge >= 0.3 is 5.97 Å². The Morgan fingerprint density at radius 1 is 1.24 bits per heavy atom. The summed E-state index contributed by atoms with van der Waals surface area (Å²) >= 11 is 3.75. The van der Waals surface area contributed by atoms with Crippen LogP contribution in [0, 0.1) is 16.7 Å². The first-order valence-electron chi connectivity index (χ1n) is 10.6. The van der Waals surface area contributed by atoms with Gasteiger partial charge in [-0.05, 0) is 30.8 Å². The van der Waals surface area contributed by atoms with Gasteiger partial charge in [0.1, 0.15) is 0 Å². The summed E-state index contributed by atoms with van der Waals surface area (Å²) in [6.45, 7) is 0.824. The van der Waals surface area contributed by atoms with Gasteiger partial charge in [-0.3, -0.25) is 4.79 Å². The Balaban J connectivity index is 1.65. The minimum absolute atomic E-state index is 0.111. The molecule has 0 aromatic rings. The molecule has 0 amide bonds. The van der Waals surface area contributed by atoms with Crippen LogP contribution in [0.1, 0.15) is 32.1 Å². The lowest BCUT2D eigenvalue weighted by molar-refractivity contribution is -0.330. The molecule has 0 bridgehead atoms. The Kier molecular flexibility index (Phi) is 5.21. The number of carbonyl (C=O) groups is 1. The van der Waals surface area contributed by atoms with E-state index in [4.69, 9.17) is 18.9 Å². The Bertz CT molecular complexity index is 671. The average molecular weight is 447 g/mol. The van der Waals surface area contributed by atoms with Crippen molar-refractivity contribution in [2.24, 2.45) is 16.7 Å². The number of ether oxygens (including phenoxy) is 4. The number of carbonyl (C=O) groups excluding carboxylic acids is 1. The van der Waals surface area contributed by atoms with Gasteiger partial charge in [-0.15, -0.1) is 23.5 Å².